The van der Waals surface area contributed by atoms with Crippen LogP contribution in [-0.4, -0.2) is 34.8 Å². The number of nitrogens with one attached hydrogen (secondary N) is 1. The van der Waals surface area contributed by atoms with E-state index in [9.17, 15) is 9.59 Å². The molecule has 0 spiro atoms. The number of hydrogen-bond donors (Lipinski definition) is 1. The van der Waals surface area contributed by atoms with Crippen molar-refractivity contribution in [2.24, 2.45) is 0 Å². The third-order valence-electron chi connectivity index (χ3n) is 3.55. The lowest BCUT2D eigenvalue weighted by Crippen LogP contribution is -2.40. The van der Waals surface area contributed by atoms with E-state index in [2.05, 4.69) is 10.3 Å². The molecule has 0 unspecified atom stereocenters. The molecule has 0 aliphatic carbocycles. The minimum Gasteiger partial charge on any atom is -0.350 e. The lowest BCUT2D eigenvalue weighted by Gasteiger charge is -2.20. The van der Waals surface area contributed by atoms with Crippen LogP contribution in [0.15, 0.2) is 48.8 Å². The maximum atomic E-state index is 12.1. The van der Waals surface area contributed by atoms with Crippen LogP contribution in [0.25, 0.3) is 0 Å². The van der Waals surface area contributed by atoms with Gasteiger partial charge in [0.2, 0.25) is 11.8 Å². The number of carbonyl (C=O) groups is 2. The van der Waals surface area contributed by atoms with Crippen LogP contribution in [0, 0.1) is 0 Å². The fourth-order valence-corrected chi connectivity index (χ4v) is 2.45. The number of amides is 2. The number of nitrogens with zero attached hydrogens (tertiary/aromatic N) is 2. The maximum absolute atomic E-state index is 12.1. The van der Waals surface area contributed by atoms with Gasteiger partial charge in [-0.05, 0) is 35.7 Å². The first kappa shape index (κ1) is 17.9. The summed E-state index contributed by atoms with van der Waals surface area (Å²) in [6, 6.07) is 11.2. The second kappa shape index (κ2) is 9.03. The van der Waals surface area contributed by atoms with Gasteiger partial charge < -0.3 is 10.2 Å². The van der Waals surface area contributed by atoms with E-state index in [0.717, 1.165) is 11.1 Å². The molecule has 0 bridgehead atoms. The summed E-state index contributed by atoms with van der Waals surface area (Å²) in [5.74, 6) is -0.325. The largest absolute Gasteiger partial charge is 0.350 e. The molecule has 0 aliphatic heterocycles. The van der Waals surface area contributed by atoms with Gasteiger partial charge in [-0.25, -0.2) is 0 Å². The average Bonchev–Trinajstić information content (AvgIpc) is 2.57. The lowest BCUT2D eigenvalue weighted by atomic mass is 10.1. The zero-order chi connectivity index (χ0) is 17.4. The number of rotatable bonds is 7. The minimum absolute atomic E-state index is 0.0379. The lowest BCUT2D eigenvalue weighted by molar-refractivity contribution is -0.134. The van der Waals surface area contributed by atoms with Crippen molar-refractivity contribution in [2.75, 3.05) is 13.1 Å². The molecule has 0 radical (unpaired) electrons. The van der Waals surface area contributed by atoms with Gasteiger partial charge in [-0.1, -0.05) is 29.8 Å². The Balaban J connectivity index is 1.84. The Morgan fingerprint density at radius 2 is 2.00 bits per heavy atom. The second-order valence-corrected chi connectivity index (χ2v) is 5.89. The molecular weight excluding hydrogens is 326 g/mol. The van der Waals surface area contributed by atoms with E-state index in [1.165, 1.54) is 11.8 Å². The Labute approximate surface area is 146 Å². The maximum Gasteiger partial charge on any atom is 0.239 e. The molecule has 5 nitrogen and oxygen atoms in total. The van der Waals surface area contributed by atoms with Gasteiger partial charge in [0.05, 0.1) is 6.54 Å². The predicted octanol–water partition coefficient (Wildman–Crippen LogP) is 2.44. The Morgan fingerprint density at radius 1 is 1.21 bits per heavy atom. The molecule has 1 aromatic heterocycles. The molecule has 2 aromatic rings. The molecule has 0 saturated heterocycles. The van der Waals surface area contributed by atoms with Gasteiger partial charge in [-0.3, -0.25) is 14.6 Å². The van der Waals surface area contributed by atoms with Crippen molar-refractivity contribution in [3.8, 4) is 0 Å². The molecule has 24 heavy (non-hydrogen) atoms. The van der Waals surface area contributed by atoms with E-state index in [0.29, 0.717) is 24.5 Å². The van der Waals surface area contributed by atoms with Crippen molar-refractivity contribution < 1.29 is 9.59 Å². The Hall–Kier alpha value is -2.40. The monoisotopic (exact) mass is 345 g/mol. The van der Waals surface area contributed by atoms with Crippen molar-refractivity contribution in [1.82, 2.24) is 15.2 Å². The summed E-state index contributed by atoms with van der Waals surface area (Å²) in [6.07, 6.45) is 4.02. The van der Waals surface area contributed by atoms with E-state index < -0.39 is 0 Å². The van der Waals surface area contributed by atoms with Crippen molar-refractivity contribution in [2.45, 2.75) is 19.9 Å². The zero-order valence-electron chi connectivity index (χ0n) is 13.5. The third-order valence-corrected chi connectivity index (χ3v) is 3.79. The smallest absolute Gasteiger partial charge is 0.239 e. The third kappa shape index (κ3) is 6.01. The molecule has 6 heteroatoms. The van der Waals surface area contributed by atoms with Gasteiger partial charge in [0.1, 0.15) is 0 Å². The van der Waals surface area contributed by atoms with Crippen LogP contribution in [0.1, 0.15) is 18.1 Å². The molecule has 0 fully saturated rings. The van der Waals surface area contributed by atoms with Gasteiger partial charge in [0.25, 0.3) is 0 Å². The summed E-state index contributed by atoms with van der Waals surface area (Å²) < 4.78 is 0. The van der Waals surface area contributed by atoms with Crippen LogP contribution < -0.4 is 5.32 Å². The van der Waals surface area contributed by atoms with Gasteiger partial charge in [-0.15, -0.1) is 0 Å². The number of carbonyl (C=O) groups excluding carboxylic acids is 2. The van der Waals surface area contributed by atoms with Gasteiger partial charge >= 0.3 is 0 Å². The van der Waals surface area contributed by atoms with E-state index in [1.807, 2.05) is 30.3 Å². The molecule has 2 amide bonds. The highest BCUT2D eigenvalue weighted by atomic mass is 35.5. The summed E-state index contributed by atoms with van der Waals surface area (Å²) in [7, 11) is 0. The average molecular weight is 346 g/mol. The first-order valence-electron chi connectivity index (χ1n) is 7.70. The summed E-state index contributed by atoms with van der Waals surface area (Å²) in [4.78, 5) is 29.3. The quantitative estimate of drug-likeness (QED) is 0.838. The van der Waals surface area contributed by atoms with Crippen LogP contribution in [-0.2, 0) is 22.6 Å². The first-order valence-corrected chi connectivity index (χ1v) is 8.08. The summed E-state index contributed by atoms with van der Waals surface area (Å²) in [5, 5.41) is 3.46. The SMILES string of the molecule is CC(=O)N(CCc1cccc(Cl)c1)CC(=O)NCc1cccnc1. The molecular formula is C18H20ClN3O2. The molecule has 0 saturated carbocycles. The summed E-state index contributed by atoms with van der Waals surface area (Å²) >= 11 is 5.96. The molecule has 126 valence electrons. The van der Waals surface area contributed by atoms with Crippen LogP contribution in [0.4, 0.5) is 0 Å². The Bertz CT molecular complexity index is 692. The van der Waals surface area contributed by atoms with Crippen LogP contribution >= 0.6 is 11.6 Å². The van der Waals surface area contributed by atoms with E-state index in [-0.39, 0.29) is 18.4 Å². The summed E-state index contributed by atoms with van der Waals surface area (Å²) in [5.41, 5.74) is 1.95. The van der Waals surface area contributed by atoms with E-state index >= 15 is 0 Å². The summed E-state index contributed by atoms with van der Waals surface area (Å²) in [6.45, 7) is 2.37. The van der Waals surface area contributed by atoms with Crippen molar-refractivity contribution >= 4 is 23.4 Å². The molecule has 1 N–H and O–H groups in total. The fourth-order valence-electron chi connectivity index (χ4n) is 2.24. The van der Waals surface area contributed by atoms with Crippen LogP contribution in [0.5, 0.6) is 0 Å². The van der Waals surface area contributed by atoms with Gasteiger partial charge in [-0.2, -0.15) is 0 Å². The zero-order valence-corrected chi connectivity index (χ0v) is 14.3. The number of pyridine rings is 1. The van der Waals surface area contributed by atoms with Crippen LogP contribution in [0.2, 0.25) is 5.02 Å². The topological polar surface area (TPSA) is 62.3 Å². The number of halogens is 1. The first-order chi connectivity index (χ1) is 11.5. The van der Waals surface area contributed by atoms with Crippen molar-refractivity contribution in [3.05, 3.63) is 64.9 Å². The van der Waals surface area contributed by atoms with Gasteiger partial charge in [0, 0.05) is 37.4 Å². The van der Waals surface area contributed by atoms with E-state index in [4.69, 9.17) is 11.6 Å². The molecule has 0 atom stereocenters. The normalized spacial score (nSPS) is 10.2. The minimum atomic E-state index is -0.194. The van der Waals surface area contributed by atoms with E-state index in [1.54, 1.807) is 18.5 Å². The molecule has 0 aliphatic rings. The highest BCUT2D eigenvalue weighted by Gasteiger charge is 2.13. The molecule has 2 rings (SSSR count). The van der Waals surface area contributed by atoms with Crippen LogP contribution in [0.3, 0.4) is 0 Å². The number of benzene rings is 1. The van der Waals surface area contributed by atoms with Gasteiger partial charge in [0.15, 0.2) is 0 Å². The Kier molecular flexibility index (Phi) is 6.75. The number of hydrogen-bond acceptors (Lipinski definition) is 3. The fraction of sp³-hybridized carbons (Fsp3) is 0.278. The molecule has 1 heterocycles. The highest BCUT2D eigenvalue weighted by Crippen LogP contribution is 2.11. The molecule has 1 aromatic carbocycles. The highest BCUT2D eigenvalue weighted by molar-refractivity contribution is 6.30. The van der Waals surface area contributed by atoms with Crippen molar-refractivity contribution in [1.29, 1.82) is 0 Å². The standard InChI is InChI=1S/C18H20ClN3O2/c1-14(23)22(9-7-15-4-2-6-17(19)10-15)13-18(24)21-12-16-5-3-8-20-11-16/h2-6,8,10-11H,7,9,12-13H2,1H3,(H,21,24). The number of aromatic nitrogens is 1. The second-order valence-electron chi connectivity index (χ2n) is 5.46. The predicted molar refractivity (Wildman–Crippen MR) is 93.5 cm³/mol. The Morgan fingerprint density at radius 3 is 2.67 bits per heavy atom. The van der Waals surface area contributed by atoms with Crippen molar-refractivity contribution in [3.63, 3.8) is 0 Å².